The number of likely N-dealkylation sites (tertiary alicyclic amines) is 1. The van der Waals surface area contributed by atoms with Crippen LogP contribution >= 0.6 is 0 Å². The molecule has 2 N–H and O–H groups in total. The highest BCUT2D eigenvalue weighted by Crippen LogP contribution is 2.48. The van der Waals surface area contributed by atoms with Gasteiger partial charge in [0.15, 0.2) is 0 Å². The zero-order valence-electron chi connectivity index (χ0n) is 12.5. The van der Waals surface area contributed by atoms with Crippen molar-refractivity contribution in [3.8, 4) is 0 Å². The van der Waals surface area contributed by atoms with E-state index < -0.39 is 0 Å². The first-order valence-corrected chi connectivity index (χ1v) is 7.86. The first-order valence-electron chi connectivity index (χ1n) is 7.86. The lowest BCUT2D eigenvalue weighted by molar-refractivity contribution is -0.134. The number of hydrogen-bond acceptors (Lipinski definition) is 2. The van der Waals surface area contributed by atoms with Crippen LogP contribution in [0.2, 0.25) is 0 Å². The number of nitrogens with zero attached hydrogens (tertiary/aromatic N) is 1. The van der Waals surface area contributed by atoms with Gasteiger partial charge < -0.3 is 10.6 Å². The van der Waals surface area contributed by atoms with E-state index >= 15 is 0 Å². The lowest BCUT2D eigenvalue weighted by Crippen LogP contribution is -2.45. The average molecular weight is 290 g/mol. The van der Waals surface area contributed by atoms with Crippen molar-refractivity contribution in [2.24, 2.45) is 17.6 Å². The average Bonchev–Trinajstić information content (AvgIpc) is 3.28. The molecule has 1 saturated heterocycles. The van der Waals surface area contributed by atoms with Gasteiger partial charge in [-0.25, -0.2) is 4.39 Å². The van der Waals surface area contributed by atoms with Gasteiger partial charge in [-0.1, -0.05) is 12.1 Å². The van der Waals surface area contributed by atoms with Crippen LogP contribution in [0.1, 0.15) is 37.7 Å². The van der Waals surface area contributed by atoms with Crippen LogP contribution in [0.15, 0.2) is 24.3 Å². The molecule has 2 fully saturated rings. The summed E-state index contributed by atoms with van der Waals surface area (Å²) in [6, 6.07) is 6.69. The minimum atomic E-state index is -0.224. The van der Waals surface area contributed by atoms with E-state index in [0.717, 1.165) is 37.9 Å². The van der Waals surface area contributed by atoms with Gasteiger partial charge in [0.05, 0.1) is 0 Å². The lowest BCUT2D eigenvalue weighted by Gasteiger charge is -2.34. The molecule has 2 aliphatic rings. The Labute approximate surface area is 125 Å². The smallest absolute Gasteiger partial charge is 0.226 e. The third kappa shape index (κ3) is 3.10. The van der Waals surface area contributed by atoms with Gasteiger partial charge in [-0.3, -0.25) is 4.79 Å². The van der Waals surface area contributed by atoms with Crippen LogP contribution in [-0.4, -0.2) is 29.9 Å². The summed E-state index contributed by atoms with van der Waals surface area (Å²) in [5.41, 5.74) is 7.06. The van der Waals surface area contributed by atoms with Gasteiger partial charge in [0.25, 0.3) is 0 Å². The number of amides is 1. The highest BCUT2D eigenvalue weighted by molar-refractivity contribution is 5.83. The van der Waals surface area contributed by atoms with Crippen molar-refractivity contribution in [3.63, 3.8) is 0 Å². The van der Waals surface area contributed by atoms with Crippen LogP contribution in [0, 0.1) is 17.7 Å². The summed E-state index contributed by atoms with van der Waals surface area (Å²) < 4.78 is 12.9. The summed E-state index contributed by atoms with van der Waals surface area (Å²) in [5.74, 6) is 0.814. The summed E-state index contributed by atoms with van der Waals surface area (Å²) in [7, 11) is 0. The Kier molecular flexibility index (Phi) is 3.98. The Morgan fingerprint density at radius 1 is 1.38 bits per heavy atom. The Bertz CT molecular complexity index is 514. The van der Waals surface area contributed by atoms with E-state index in [1.165, 1.54) is 12.1 Å². The largest absolute Gasteiger partial charge is 0.342 e. The van der Waals surface area contributed by atoms with Crippen molar-refractivity contribution >= 4 is 5.91 Å². The summed E-state index contributed by atoms with van der Waals surface area (Å²) in [6.07, 6.45) is 3.06. The standard InChI is InChI=1S/C17H23FN2O/c1-11(19)13-3-2-8-20(10-13)17(21)16-9-15(16)12-4-6-14(18)7-5-12/h4-7,11,13,15-16H,2-3,8-10,19H2,1H3/t11-,13+,15+,16-/m0/s1. The maximum absolute atomic E-state index is 12.9. The molecule has 0 radical (unpaired) electrons. The Hall–Kier alpha value is -1.42. The fourth-order valence-corrected chi connectivity index (χ4v) is 3.42. The second-order valence-electron chi connectivity index (χ2n) is 6.55. The van der Waals surface area contributed by atoms with Crippen molar-refractivity contribution in [3.05, 3.63) is 35.6 Å². The molecule has 1 heterocycles. The van der Waals surface area contributed by atoms with E-state index in [0.29, 0.717) is 5.92 Å². The van der Waals surface area contributed by atoms with Crippen molar-refractivity contribution in [1.82, 2.24) is 4.90 Å². The molecule has 1 aromatic rings. The second kappa shape index (κ2) is 5.76. The van der Waals surface area contributed by atoms with E-state index in [1.807, 2.05) is 11.8 Å². The van der Waals surface area contributed by atoms with Crippen LogP contribution in [-0.2, 0) is 4.79 Å². The Morgan fingerprint density at radius 3 is 2.76 bits per heavy atom. The summed E-state index contributed by atoms with van der Waals surface area (Å²) in [6.45, 7) is 3.68. The molecular weight excluding hydrogens is 267 g/mol. The van der Waals surface area contributed by atoms with E-state index in [-0.39, 0.29) is 29.6 Å². The number of benzene rings is 1. The molecule has 3 nitrogen and oxygen atoms in total. The number of carbonyl (C=O) groups is 1. The molecule has 1 amide bonds. The molecule has 114 valence electrons. The number of piperidine rings is 1. The van der Waals surface area contributed by atoms with Crippen molar-refractivity contribution < 1.29 is 9.18 Å². The molecule has 0 aromatic heterocycles. The minimum Gasteiger partial charge on any atom is -0.342 e. The third-order valence-corrected chi connectivity index (χ3v) is 4.92. The predicted octanol–water partition coefficient (Wildman–Crippen LogP) is 2.52. The molecule has 4 heteroatoms. The molecule has 1 saturated carbocycles. The topological polar surface area (TPSA) is 46.3 Å². The monoisotopic (exact) mass is 290 g/mol. The third-order valence-electron chi connectivity index (χ3n) is 4.92. The highest BCUT2D eigenvalue weighted by atomic mass is 19.1. The van der Waals surface area contributed by atoms with Crippen LogP contribution in [0.25, 0.3) is 0 Å². The van der Waals surface area contributed by atoms with Crippen LogP contribution in [0.4, 0.5) is 4.39 Å². The summed E-state index contributed by atoms with van der Waals surface area (Å²) in [5, 5.41) is 0. The molecule has 1 aliphatic heterocycles. The maximum atomic E-state index is 12.9. The normalized spacial score (nSPS) is 30.0. The molecule has 1 aromatic carbocycles. The molecule has 1 aliphatic carbocycles. The number of carbonyl (C=O) groups excluding carboxylic acids is 1. The van der Waals surface area contributed by atoms with E-state index in [9.17, 15) is 9.18 Å². The zero-order chi connectivity index (χ0) is 15.0. The molecule has 0 bridgehead atoms. The van der Waals surface area contributed by atoms with Crippen LogP contribution in [0.5, 0.6) is 0 Å². The quantitative estimate of drug-likeness (QED) is 0.929. The number of nitrogens with two attached hydrogens (primary N) is 1. The predicted molar refractivity (Wildman–Crippen MR) is 80.2 cm³/mol. The first kappa shape index (κ1) is 14.5. The van der Waals surface area contributed by atoms with Gasteiger partial charge in [0, 0.05) is 25.0 Å². The number of hydrogen-bond donors (Lipinski definition) is 1. The first-order chi connectivity index (χ1) is 10.1. The Balaban J connectivity index is 1.61. The fourth-order valence-electron chi connectivity index (χ4n) is 3.42. The maximum Gasteiger partial charge on any atom is 0.226 e. The SMILES string of the molecule is C[C@H](N)[C@@H]1CCCN(C(=O)[C@H]2C[C@@H]2c2ccc(F)cc2)C1. The van der Waals surface area contributed by atoms with Crippen molar-refractivity contribution in [2.45, 2.75) is 38.1 Å². The highest BCUT2D eigenvalue weighted by Gasteiger charge is 2.46. The van der Waals surface area contributed by atoms with Crippen molar-refractivity contribution in [1.29, 1.82) is 0 Å². The molecule has 0 unspecified atom stereocenters. The van der Waals surface area contributed by atoms with Gasteiger partial charge >= 0.3 is 0 Å². The van der Waals surface area contributed by atoms with Gasteiger partial charge in [-0.05, 0) is 55.7 Å². The van der Waals surface area contributed by atoms with Crippen LogP contribution in [0.3, 0.4) is 0 Å². The molecular formula is C17H23FN2O. The summed E-state index contributed by atoms with van der Waals surface area (Å²) in [4.78, 5) is 14.6. The van der Waals surface area contributed by atoms with Gasteiger partial charge in [-0.15, -0.1) is 0 Å². The number of rotatable bonds is 3. The van der Waals surface area contributed by atoms with Crippen molar-refractivity contribution in [2.75, 3.05) is 13.1 Å². The van der Waals surface area contributed by atoms with Gasteiger partial charge in [0.2, 0.25) is 5.91 Å². The molecule has 3 rings (SSSR count). The molecule has 0 spiro atoms. The van der Waals surface area contributed by atoms with E-state index in [1.54, 1.807) is 12.1 Å². The molecule has 21 heavy (non-hydrogen) atoms. The zero-order valence-corrected chi connectivity index (χ0v) is 12.5. The molecule has 4 atom stereocenters. The number of halogens is 1. The van der Waals surface area contributed by atoms with Gasteiger partial charge in [-0.2, -0.15) is 0 Å². The second-order valence-corrected chi connectivity index (χ2v) is 6.55. The minimum absolute atomic E-state index is 0.0855. The van der Waals surface area contributed by atoms with Crippen LogP contribution < -0.4 is 5.73 Å². The lowest BCUT2D eigenvalue weighted by atomic mass is 9.92. The van der Waals surface area contributed by atoms with E-state index in [4.69, 9.17) is 5.73 Å². The Morgan fingerprint density at radius 2 is 2.10 bits per heavy atom. The fraction of sp³-hybridized carbons (Fsp3) is 0.588. The van der Waals surface area contributed by atoms with E-state index in [2.05, 4.69) is 0 Å². The van der Waals surface area contributed by atoms with Gasteiger partial charge in [0.1, 0.15) is 5.82 Å². The summed E-state index contributed by atoms with van der Waals surface area (Å²) >= 11 is 0.